The first-order chi connectivity index (χ1) is 21.4. The molecule has 1 atom stereocenters. The average molecular weight is 627 g/mol. The zero-order valence-electron chi connectivity index (χ0n) is 26.1. The number of methoxy groups -OCH3 is 3. The van der Waals surface area contributed by atoms with E-state index in [4.69, 9.17) is 28.9 Å². The summed E-state index contributed by atoms with van der Waals surface area (Å²) in [4.78, 5) is 32.2. The second-order valence-corrected chi connectivity index (χ2v) is 12.0. The van der Waals surface area contributed by atoms with E-state index in [1.165, 1.54) is 11.3 Å². The van der Waals surface area contributed by atoms with E-state index in [2.05, 4.69) is 20.1 Å². The highest BCUT2D eigenvalue weighted by molar-refractivity contribution is 7.17. The molecule has 0 saturated carbocycles. The number of benzene rings is 1. The third-order valence-electron chi connectivity index (χ3n) is 8.02. The second-order valence-electron chi connectivity index (χ2n) is 11.0. The van der Waals surface area contributed by atoms with Crippen LogP contribution in [-0.4, -0.2) is 80.2 Å². The number of hydrogen-bond donors (Lipinski definition) is 2. The van der Waals surface area contributed by atoms with Gasteiger partial charge in [-0.2, -0.15) is 9.97 Å². The molecule has 13 heteroatoms. The predicted molar refractivity (Wildman–Crippen MR) is 170 cm³/mol. The van der Waals surface area contributed by atoms with Gasteiger partial charge < -0.3 is 33.9 Å². The van der Waals surface area contributed by atoms with Crippen molar-refractivity contribution < 1.29 is 28.8 Å². The van der Waals surface area contributed by atoms with Crippen LogP contribution in [0.25, 0.3) is 0 Å². The molecule has 3 aromatic rings. The molecule has 2 aromatic heterocycles. The maximum atomic E-state index is 12.5. The van der Waals surface area contributed by atoms with Crippen molar-refractivity contribution in [2.75, 3.05) is 69.3 Å². The molecular formula is C31H42N6O6S. The molecule has 2 N–H and O–H groups in total. The summed E-state index contributed by atoms with van der Waals surface area (Å²) in [6, 6.07) is 3.94. The number of aryl methyl sites for hydroxylation is 1. The highest BCUT2D eigenvalue weighted by Gasteiger charge is 2.29. The van der Waals surface area contributed by atoms with Crippen LogP contribution < -0.4 is 29.3 Å². The van der Waals surface area contributed by atoms with E-state index in [-0.39, 0.29) is 18.5 Å². The number of ether oxygens (including phenoxy) is 4. The number of esters is 1. The number of aliphatic hydroxyl groups excluding tert-OH is 1. The lowest BCUT2D eigenvalue weighted by molar-refractivity contribution is 0.0531. The van der Waals surface area contributed by atoms with Crippen LogP contribution >= 0.6 is 11.3 Å². The maximum Gasteiger partial charge on any atom is 0.350 e. The summed E-state index contributed by atoms with van der Waals surface area (Å²) in [5.74, 6) is 3.70. The van der Waals surface area contributed by atoms with Gasteiger partial charge in [0.15, 0.2) is 16.6 Å². The van der Waals surface area contributed by atoms with Crippen molar-refractivity contribution in [3.63, 3.8) is 0 Å². The Hall–Kier alpha value is -3.84. The Morgan fingerprint density at radius 2 is 1.80 bits per heavy atom. The molecule has 238 valence electrons. The Balaban J connectivity index is 1.56. The molecule has 0 amide bonds. The van der Waals surface area contributed by atoms with E-state index in [0.29, 0.717) is 52.1 Å². The summed E-state index contributed by atoms with van der Waals surface area (Å²) in [7, 11) is 4.83. The summed E-state index contributed by atoms with van der Waals surface area (Å²) >= 11 is 1.23. The first-order valence-corrected chi connectivity index (χ1v) is 15.9. The number of thiazole rings is 1. The van der Waals surface area contributed by atoms with Gasteiger partial charge in [-0.15, -0.1) is 0 Å². The molecule has 1 unspecified atom stereocenters. The van der Waals surface area contributed by atoms with Crippen LogP contribution in [0.4, 0.5) is 22.7 Å². The van der Waals surface area contributed by atoms with Crippen molar-refractivity contribution in [3.8, 4) is 17.2 Å². The smallest absolute Gasteiger partial charge is 0.350 e. The van der Waals surface area contributed by atoms with Crippen molar-refractivity contribution in [2.45, 2.75) is 52.5 Å². The van der Waals surface area contributed by atoms with Crippen molar-refractivity contribution in [1.82, 2.24) is 15.0 Å². The molecule has 1 aromatic carbocycles. The molecule has 44 heavy (non-hydrogen) atoms. The molecule has 2 aliphatic rings. The number of nitrogens with zero attached hydrogens (tertiary/aromatic N) is 5. The fourth-order valence-electron chi connectivity index (χ4n) is 5.91. The number of nitrogens with one attached hydrogen (secondary N) is 1. The summed E-state index contributed by atoms with van der Waals surface area (Å²) in [6.07, 6.45) is 4.83. The van der Waals surface area contributed by atoms with Crippen LogP contribution in [0, 0.1) is 12.8 Å². The van der Waals surface area contributed by atoms with Crippen LogP contribution in [-0.2, 0) is 17.7 Å². The van der Waals surface area contributed by atoms with Gasteiger partial charge in [0.05, 0.1) is 33.6 Å². The van der Waals surface area contributed by atoms with Crippen LogP contribution in [0.2, 0.25) is 0 Å². The number of carbonyl (C=O) groups excluding carboxylic acids is 1. The van der Waals surface area contributed by atoms with Gasteiger partial charge in [0.2, 0.25) is 11.7 Å². The van der Waals surface area contributed by atoms with Crippen LogP contribution in [0.3, 0.4) is 0 Å². The molecular weight excluding hydrogens is 584 g/mol. The number of aliphatic hydroxyl groups is 1. The molecule has 0 spiro atoms. The molecule has 1 fully saturated rings. The lowest BCUT2D eigenvalue weighted by Crippen LogP contribution is -2.38. The van der Waals surface area contributed by atoms with Gasteiger partial charge in [0.25, 0.3) is 0 Å². The van der Waals surface area contributed by atoms with Crippen LogP contribution in [0.5, 0.6) is 17.2 Å². The Labute approximate surface area is 262 Å². The fourth-order valence-corrected chi connectivity index (χ4v) is 6.77. The van der Waals surface area contributed by atoms with Crippen molar-refractivity contribution >= 4 is 40.0 Å². The monoisotopic (exact) mass is 626 g/mol. The Kier molecular flexibility index (Phi) is 10.3. The van der Waals surface area contributed by atoms with Gasteiger partial charge in [0, 0.05) is 38.3 Å². The number of aromatic nitrogens is 3. The largest absolute Gasteiger partial charge is 0.493 e. The van der Waals surface area contributed by atoms with E-state index >= 15 is 0 Å². The summed E-state index contributed by atoms with van der Waals surface area (Å²) < 4.78 is 22.0. The Morgan fingerprint density at radius 1 is 1.05 bits per heavy atom. The van der Waals surface area contributed by atoms with Gasteiger partial charge in [-0.1, -0.05) is 11.3 Å². The standard InChI is InChI=1S/C31H42N6O6S/c1-6-43-29(39)26-19(2)32-31(44-26)35-30-33-27-22(28(34-30)37-13-9-10-20(16-37)18-38)11-7-8-12-36(27)17-21-14-23(40-3)25(42-5)24(15-21)41-4/h14-15,20,38H,6-13,16-18H2,1-5H3,(H,32,33,34,35). The third-order valence-corrected chi connectivity index (χ3v) is 9.07. The summed E-state index contributed by atoms with van der Waals surface area (Å²) in [5.41, 5.74) is 2.69. The molecule has 2 aliphatic heterocycles. The quantitative estimate of drug-likeness (QED) is 0.285. The van der Waals surface area contributed by atoms with Crippen molar-refractivity contribution in [3.05, 3.63) is 33.8 Å². The summed E-state index contributed by atoms with van der Waals surface area (Å²) in [6.45, 7) is 6.99. The molecule has 4 heterocycles. The Morgan fingerprint density at radius 3 is 2.48 bits per heavy atom. The van der Waals surface area contributed by atoms with Crippen LogP contribution in [0.15, 0.2) is 12.1 Å². The molecule has 0 radical (unpaired) electrons. The van der Waals surface area contributed by atoms with E-state index in [1.807, 2.05) is 12.1 Å². The SMILES string of the molecule is CCOC(=O)c1sc(Nc2nc3c(c(N4CCCC(CO)C4)n2)CCCCN3Cc2cc(OC)c(OC)c(OC)c2)nc1C. The number of hydrogen-bond acceptors (Lipinski definition) is 13. The zero-order valence-corrected chi connectivity index (χ0v) is 27.0. The number of anilines is 4. The van der Waals surface area contributed by atoms with Crippen molar-refractivity contribution in [1.29, 1.82) is 0 Å². The molecule has 5 rings (SSSR count). The number of fused-ring (bicyclic) bond motifs is 1. The first kappa shape index (κ1) is 31.6. The van der Waals surface area contributed by atoms with Gasteiger partial charge in [0.1, 0.15) is 16.5 Å². The molecule has 0 bridgehead atoms. The van der Waals surface area contributed by atoms with E-state index < -0.39 is 0 Å². The topological polar surface area (TPSA) is 131 Å². The van der Waals surface area contributed by atoms with E-state index in [1.54, 1.807) is 35.2 Å². The van der Waals surface area contributed by atoms with Gasteiger partial charge in [-0.3, -0.25) is 5.32 Å². The number of carbonyl (C=O) groups is 1. The minimum absolute atomic E-state index is 0.150. The maximum absolute atomic E-state index is 12.5. The molecule has 0 aliphatic carbocycles. The Bertz CT molecular complexity index is 1440. The highest BCUT2D eigenvalue weighted by atomic mass is 32.1. The normalized spacial score (nSPS) is 16.6. The minimum Gasteiger partial charge on any atom is -0.493 e. The molecule has 12 nitrogen and oxygen atoms in total. The van der Waals surface area contributed by atoms with Gasteiger partial charge >= 0.3 is 5.97 Å². The van der Waals surface area contributed by atoms with Gasteiger partial charge in [-0.05, 0) is 69.6 Å². The number of piperidine rings is 1. The second kappa shape index (κ2) is 14.3. The molecule has 1 saturated heterocycles. The number of rotatable bonds is 11. The van der Waals surface area contributed by atoms with E-state index in [9.17, 15) is 9.90 Å². The third kappa shape index (κ3) is 6.78. The first-order valence-electron chi connectivity index (χ1n) is 15.1. The van der Waals surface area contributed by atoms with Crippen molar-refractivity contribution in [2.24, 2.45) is 5.92 Å². The summed E-state index contributed by atoms with van der Waals surface area (Å²) in [5, 5.41) is 13.8. The minimum atomic E-state index is -0.390. The lowest BCUT2D eigenvalue weighted by Gasteiger charge is -2.35. The highest BCUT2D eigenvalue weighted by Crippen LogP contribution is 2.40. The predicted octanol–water partition coefficient (Wildman–Crippen LogP) is 4.74. The van der Waals surface area contributed by atoms with Crippen LogP contribution in [0.1, 0.15) is 59.1 Å². The lowest BCUT2D eigenvalue weighted by atomic mass is 9.98. The fraction of sp³-hybridized carbons (Fsp3) is 0.548. The van der Waals surface area contributed by atoms with Gasteiger partial charge in [-0.25, -0.2) is 9.78 Å². The van der Waals surface area contributed by atoms with E-state index in [0.717, 1.165) is 74.5 Å². The average Bonchev–Trinajstić information content (AvgIpc) is 3.29. The zero-order chi connectivity index (χ0) is 31.2.